The standard InChI is InChI=1S/C12H22N2O4/c1-13-6-7-18-10(8-13)9-14(2)11(15)4-5-12(16)17-3/h10H,4-9H2,1-3H3. The van der Waals surface area contributed by atoms with Gasteiger partial charge >= 0.3 is 5.97 Å². The molecule has 0 aromatic heterocycles. The summed E-state index contributed by atoms with van der Waals surface area (Å²) in [5.41, 5.74) is 0. The van der Waals surface area contributed by atoms with Crippen molar-refractivity contribution < 1.29 is 19.1 Å². The molecular formula is C12H22N2O4. The third-order valence-electron chi connectivity index (χ3n) is 3.02. The van der Waals surface area contributed by atoms with Crippen molar-refractivity contribution in [1.29, 1.82) is 0 Å². The third kappa shape index (κ3) is 5.01. The summed E-state index contributed by atoms with van der Waals surface area (Å²) in [5.74, 6) is -0.414. The van der Waals surface area contributed by atoms with Crippen LogP contribution in [0.1, 0.15) is 12.8 Å². The second kappa shape index (κ2) is 7.33. The van der Waals surface area contributed by atoms with Gasteiger partial charge in [-0.2, -0.15) is 0 Å². The van der Waals surface area contributed by atoms with Gasteiger partial charge in [0.1, 0.15) is 0 Å². The Labute approximate surface area is 108 Å². The second-order valence-electron chi connectivity index (χ2n) is 4.61. The van der Waals surface area contributed by atoms with E-state index in [1.807, 2.05) is 7.05 Å². The van der Waals surface area contributed by atoms with Crippen molar-refractivity contribution in [2.24, 2.45) is 0 Å². The van der Waals surface area contributed by atoms with Crippen molar-refractivity contribution in [3.05, 3.63) is 0 Å². The summed E-state index contributed by atoms with van der Waals surface area (Å²) >= 11 is 0. The van der Waals surface area contributed by atoms with Gasteiger partial charge in [0, 0.05) is 33.1 Å². The number of nitrogens with zero attached hydrogens (tertiary/aromatic N) is 2. The van der Waals surface area contributed by atoms with E-state index in [1.54, 1.807) is 11.9 Å². The van der Waals surface area contributed by atoms with Crippen LogP contribution in [-0.4, -0.2) is 75.2 Å². The molecule has 0 aromatic carbocycles. The molecule has 0 saturated carbocycles. The van der Waals surface area contributed by atoms with Gasteiger partial charge in [-0.3, -0.25) is 9.59 Å². The topological polar surface area (TPSA) is 59.1 Å². The average molecular weight is 258 g/mol. The Morgan fingerprint density at radius 2 is 2.17 bits per heavy atom. The van der Waals surface area contributed by atoms with Crippen LogP contribution in [0.25, 0.3) is 0 Å². The van der Waals surface area contributed by atoms with Crippen molar-refractivity contribution >= 4 is 11.9 Å². The van der Waals surface area contributed by atoms with Gasteiger partial charge in [-0.25, -0.2) is 0 Å². The molecule has 1 amide bonds. The first-order valence-electron chi connectivity index (χ1n) is 6.14. The summed E-state index contributed by atoms with van der Waals surface area (Å²) in [7, 11) is 5.09. The number of likely N-dealkylation sites (N-methyl/N-ethyl adjacent to an activating group) is 2. The molecule has 18 heavy (non-hydrogen) atoms. The van der Waals surface area contributed by atoms with E-state index < -0.39 is 0 Å². The van der Waals surface area contributed by atoms with E-state index in [1.165, 1.54) is 7.11 Å². The van der Waals surface area contributed by atoms with E-state index in [4.69, 9.17) is 4.74 Å². The van der Waals surface area contributed by atoms with Gasteiger partial charge in [-0.15, -0.1) is 0 Å². The number of amides is 1. The van der Waals surface area contributed by atoms with Crippen LogP contribution < -0.4 is 0 Å². The van der Waals surface area contributed by atoms with Gasteiger partial charge in [0.2, 0.25) is 5.91 Å². The molecule has 6 nitrogen and oxygen atoms in total. The van der Waals surface area contributed by atoms with E-state index in [2.05, 4.69) is 9.64 Å². The highest BCUT2D eigenvalue weighted by molar-refractivity contribution is 5.81. The molecule has 6 heteroatoms. The first kappa shape index (κ1) is 14.9. The number of esters is 1. The van der Waals surface area contributed by atoms with Crippen molar-refractivity contribution in [1.82, 2.24) is 9.80 Å². The van der Waals surface area contributed by atoms with Crippen molar-refractivity contribution in [3.63, 3.8) is 0 Å². The average Bonchev–Trinajstić information content (AvgIpc) is 2.35. The lowest BCUT2D eigenvalue weighted by molar-refractivity contribution is -0.143. The third-order valence-corrected chi connectivity index (χ3v) is 3.02. The van der Waals surface area contributed by atoms with Gasteiger partial charge in [0.15, 0.2) is 0 Å². The molecule has 1 atom stereocenters. The lowest BCUT2D eigenvalue weighted by Gasteiger charge is -2.32. The van der Waals surface area contributed by atoms with Gasteiger partial charge < -0.3 is 19.3 Å². The van der Waals surface area contributed by atoms with Gasteiger partial charge in [0.25, 0.3) is 0 Å². The number of rotatable bonds is 5. The van der Waals surface area contributed by atoms with E-state index in [-0.39, 0.29) is 30.8 Å². The first-order valence-corrected chi connectivity index (χ1v) is 6.14. The zero-order valence-corrected chi connectivity index (χ0v) is 11.3. The fraction of sp³-hybridized carbons (Fsp3) is 0.833. The normalized spacial score (nSPS) is 20.5. The minimum Gasteiger partial charge on any atom is -0.469 e. The molecule has 0 aromatic rings. The van der Waals surface area contributed by atoms with Crippen LogP contribution in [0.2, 0.25) is 0 Å². The van der Waals surface area contributed by atoms with Crippen LogP contribution >= 0.6 is 0 Å². The van der Waals surface area contributed by atoms with Crippen molar-refractivity contribution in [2.45, 2.75) is 18.9 Å². The second-order valence-corrected chi connectivity index (χ2v) is 4.61. The molecule has 1 aliphatic heterocycles. The number of carbonyl (C=O) groups is 2. The SMILES string of the molecule is COC(=O)CCC(=O)N(C)CC1CN(C)CCO1. The highest BCUT2D eigenvalue weighted by Crippen LogP contribution is 2.06. The molecule has 104 valence electrons. The molecule has 0 N–H and O–H groups in total. The minimum atomic E-state index is -0.356. The molecule has 0 bridgehead atoms. The quantitative estimate of drug-likeness (QED) is 0.635. The van der Waals surface area contributed by atoms with Crippen LogP contribution in [-0.2, 0) is 19.1 Å². The Morgan fingerprint density at radius 3 is 2.78 bits per heavy atom. The Bertz CT molecular complexity index is 296. The summed E-state index contributed by atoms with van der Waals surface area (Å²) in [5, 5.41) is 0. The Morgan fingerprint density at radius 1 is 1.44 bits per heavy atom. The molecule has 1 heterocycles. The molecular weight excluding hydrogens is 236 g/mol. The molecule has 0 spiro atoms. The molecule has 0 radical (unpaired) electrons. The van der Waals surface area contributed by atoms with E-state index in [0.29, 0.717) is 13.2 Å². The maximum Gasteiger partial charge on any atom is 0.306 e. The number of ether oxygens (including phenoxy) is 2. The molecule has 1 fully saturated rings. The minimum absolute atomic E-state index is 0.0517. The van der Waals surface area contributed by atoms with Crippen LogP contribution in [0.5, 0.6) is 0 Å². The summed E-state index contributed by atoms with van der Waals surface area (Å²) in [6, 6.07) is 0. The predicted molar refractivity (Wildman–Crippen MR) is 66.1 cm³/mol. The maximum atomic E-state index is 11.8. The zero-order chi connectivity index (χ0) is 13.5. The number of methoxy groups -OCH3 is 1. The van der Waals surface area contributed by atoms with E-state index in [9.17, 15) is 9.59 Å². The summed E-state index contributed by atoms with van der Waals surface area (Å²) in [4.78, 5) is 26.5. The first-order chi connectivity index (χ1) is 8.52. The summed E-state index contributed by atoms with van der Waals surface area (Å²) in [6.07, 6.45) is 0.368. The van der Waals surface area contributed by atoms with Gasteiger partial charge in [0.05, 0.1) is 26.2 Å². The predicted octanol–water partition coefficient (Wildman–Crippen LogP) is -0.271. The monoisotopic (exact) mass is 258 g/mol. The smallest absolute Gasteiger partial charge is 0.306 e. The largest absolute Gasteiger partial charge is 0.469 e. The fourth-order valence-corrected chi connectivity index (χ4v) is 1.89. The molecule has 1 saturated heterocycles. The molecule has 1 rings (SSSR count). The molecule has 1 unspecified atom stereocenters. The fourth-order valence-electron chi connectivity index (χ4n) is 1.89. The summed E-state index contributed by atoms with van der Waals surface area (Å²) < 4.78 is 10.1. The summed E-state index contributed by atoms with van der Waals surface area (Å²) in [6.45, 7) is 3.01. The Kier molecular flexibility index (Phi) is 6.07. The zero-order valence-electron chi connectivity index (χ0n) is 11.3. The lowest BCUT2D eigenvalue weighted by Crippen LogP contribution is -2.46. The number of morpholine rings is 1. The maximum absolute atomic E-state index is 11.8. The highest BCUT2D eigenvalue weighted by Gasteiger charge is 2.21. The molecule has 0 aliphatic carbocycles. The van der Waals surface area contributed by atoms with E-state index in [0.717, 1.165) is 13.1 Å². The number of carbonyl (C=O) groups excluding carboxylic acids is 2. The van der Waals surface area contributed by atoms with Crippen LogP contribution in [0.15, 0.2) is 0 Å². The van der Waals surface area contributed by atoms with Crippen LogP contribution in [0.3, 0.4) is 0 Å². The number of hydrogen-bond donors (Lipinski definition) is 0. The van der Waals surface area contributed by atoms with Crippen molar-refractivity contribution in [2.75, 3.05) is 47.4 Å². The van der Waals surface area contributed by atoms with E-state index >= 15 is 0 Å². The number of hydrogen-bond acceptors (Lipinski definition) is 5. The van der Waals surface area contributed by atoms with Crippen molar-refractivity contribution in [3.8, 4) is 0 Å². The Hall–Kier alpha value is -1.14. The highest BCUT2D eigenvalue weighted by atomic mass is 16.5. The van der Waals surface area contributed by atoms with Gasteiger partial charge in [-0.05, 0) is 7.05 Å². The van der Waals surface area contributed by atoms with Gasteiger partial charge in [-0.1, -0.05) is 0 Å². The molecule has 1 aliphatic rings. The lowest BCUT2D eigenvalue weighted by atomic mass is 10.2. The Balaban J connectivity index is 2.28. The van der Waals surface area contributed by atoms with Crippen LogP contribution in [0.4, 0.5) is 0 Å². The van der Waals surface area contributed by atoms with Crippen LogP contribution in [0, 0.1) is 0 Å².